The van der Waals surface area contributed by atoms with Crippen LogP contribution in [0.15, 0.2) is 73.2 Å². The topological polar surface area (TPSA) is 80.6 Å². The maximum atomic E-state index is 12.2. The van der Waals surface area contributed by atoms with Crippen LogP contribution < -0.4 is 15.4 Å². The molecule has 0 unspecified atom stereocenters. The van der Waals surface area contributed by atoms with E-state index in [1.807, 2.05) is 47.0 Å². The fourth-order valence-corrected chi connectivity index (χ4v) is 2.92. The number of fused-ring (bicyclic) bond motifs is 1. The van der Waals surface area contributed by atoms with Crippen LogP contribution >= 0.6 is 11.6 Å². The fourth-order valence-electron chi connectivity index (χ4n) is 2.75. The first-order chi connectivity index (χ1) is 14.2. The van der Waals surface area contributed by atoms with Gasteiger partial charge in [0, 0.05) is 30.3 Å². The third-order valence-electron chi connectivity index (χ3n) is 4.10. The number of benzene rings is 1. The van der Waals surface area contributed by atoms with Crippen molar-refractivity contribution < 1.29 is 9.53 Å². The maximum absolute atomic E-state index is 12.2. The van der Waals surface area contributed by atoms with Gasteiger partial charge in [0.15, 0.2) is 0 Å². The van der Waals surface area contributed by atoms with Crippen LogP contribution in [-0.2, 0) is 13.2 Å². The zero-order chi connectivity index (χ0) is 20.1. The molecule has 1 aromatic carbocycles. The summed E-state index contributed by atoms with van der Waals surface area (Å²) in [6.07, 6.45) is 5.32. The van der Waals surface area contributed by atoms with Crippen LogP contribution in [-0.4, -0.2) is 20.4 Å². The minimum atomic E-state index is -0.332. The summed E-state index contributed by atoms with van der Waals surface area (Å²) in [5.41, 5.74) is 2.96. The number of nitrogens with zero attached hydrogens (tertiary/aromatic N) is 3. The lowest BCUT2D eigenvalue weighted by atomic mass is 10.3. The van der Waals surface area contributed by atoms with Crippen molar-refractivity contribution >= 4 is 29.0 Å². The van der Waals surface area contributed by atoms with Gasteiger partial charge in [-0.2, -0.15) is 0 Å². The predicted molar refractivity (Wildman–Crippen MR) is 111 cm³/mol. The number of urea groups is 1. The Hall–Kier alpha value is -3.58. The highest BCUT2D eigenvalue weighted by Crippen LogP contribution is 2.18. The minimum absolute atomic E-state index is 0.293. The minimum Gasteiger partial charge on any atom is -0.487 e. The fraction of sp³-hybridized carbons (Fsp3) is 0.0952. The Kier molecular flexibility index (Phi) is 5.58. The maximum Gasteiger partial charge on any atom is 0.319 e. The lowest BCUT2D eigenvalue weighted by Gasteiger charge is -2.09. The van der Waals surface area contributed by atoms with Gasteiger partial charge in [-0.15, -0.1) is 0 Å². The Morgan fingerprint density at radius 3 is 2.86 bits per heavy atom. The number of amides is 2. The number of hydrogen-bond donors (Lipinski definition) is 2. The van der Waals surface area contributed by atoms with E-state index in [0.717, 1.165) is 17.0 Å². The molecule has 0 atom stereocenters. The zero-order valence-electron chi connectivity index (χ0n) is 15.4. The average Bonchev–Trinajstić information content (AvgIpc) is 3.14. The standard InChI is InChI=1S/C21H18ClN5O2/c22-15-7-8-20-25-18(13-27(20)12-15)11-24-21(28)26-16-5-3-6-19(10-16)29-14-17-4-1-2-9-23-17/h1-10,12-13H,11,14H2,(H2,24,26,28). The van der Waals surface area contributed by atoms with Gasteiger partial charge in [-0.3, -0.25) is 4.98 Å². The molecule has 4 aromatic rings. The Morgan fingerprint density at radius 1 is 1.07 bits per heavy atom. The third-order valence-corrected chi connectivity index (χ3v) is 4.32. The van der Waals surface area contributed by atoms with E-state index in [0.29, 0.717) is 29.6 Å². The number of carbonyl (C=O) groups is 1. The lowest BCUT2D eigenvalue weighted by Crippen LogP contribution is -2.28. The average molecular weight is 408 g/mol. The van der Waals surface area contributed by atoms with Crippen molar-refractivity contribution in [2.75, 3.05) is 5.32 Å². The van der Waals surface area contributed by atoms with Crippen molar-refractivity contribution in [1.82, 2.24) is 19.7 Å². The molecule has 0 saturated heterocycles. The molecule has 0 aliphatic heterocycles. The zero-order valence-corrected chi connectivity index (χ0v) is 16.1. The number of rotatable bonds is 6. The molecule has 29 heavy (non-hydrogen) atoms. The molecule has 0 aliphatic carbocycles. The predicted octanol–water partition coefficient (Wildman–Crippen LogP) is 4.28. The molecule has 146 valence electrons. The molecule has 0 fully saturated rings. The molecular weight excluding hydrogens is 390 g/mol. The number of hydrogen-bond acceptors (Lipinski definition) is 4. The molecule has 2 amide bonds. The van der Waals surface area contributed by atoms with E-state index in [9.17, 15) is 4.79 Å². The molecule has 0 aliphatic rings. The number of anilines is 1. The molecule has 4 rings (SSSR count). The van der Waals surface area contributed by atoms with E-state index in [-0.39, 0.29) is 6.03 Å². The highest BCUT2D eigenvalue weighted by molar-refractivity contribution is 6.30. The lowest BCUT2D eigenvalue weighted by molar-refractivity contribution is 0.251. The van der Waals surface area contributed by atoms with Crippen molar-refractivity contribution in [3.63, 3.8) is 0 Å². The molecule has 3 aromatic heterocycles. The molecule has 3 heterocycles. The highest BCUT2D eigenvalue weighted by atomic mass is 35.5. The largest absolute Gasteiger partial charge is 0.487 e. The van der Waals surface area contributed by atoms with Crippen LogP contribution in [0.3, 0.4) is 0 Å². The van der Waals surface area contributed by atoms with Crippen LogP contribution in [0, 0.1) is 0 Å². The van der Waals surface area contributed by atoms with Gasteiger partial charge in [0.1, 0.15) is 18.0 Å². The van der Waals surface area contributed by atoms with Crippen molar-refractivity contribution in [3.05, 3.63) is 89.6 Å². The number of aromatic nitrogens is 3. The van der Waals surface area contributed by atoms with E-state index in [1.54, 1.807) is 30.6 Å². The molecule has 8 heteroatoms. The van der Waals surface area contributed by atoms with Crippen molar-refractivity contribution in [2.24, 2.45) is 0 Å². The first-order valence-electron chi connectivity index (χ1n) is 8.96. The van der Waals surface area contributed by atoms with Gasteiger partial charge in [0.25, 0.3) is 0 Å². The van der Waals surface area contributed by atoms with Crippen LogP contribution in [0.2, 0.25) is 5.02 Å². The summed E-state index contributed by atoms with van der Waals surface area (Å²) in [5.74, 6) is 0.644. The van der Waals surface area contributed by atoms with Gasteiger partial charge in [0.2, 0.25) is 0 Å². The van der Waals surface area contributed by atoms with E-state index in [4.69, 9.17) is 16.3 Å². The Labute approximate surface area is 172 Å². The molecule has 0 saturated carbocycles. The van der Waals surface area contributed by atoms with Crippen molar-refractivity contribution in [2.45, 2.75) is 13.2 Å². The quantitative estimate of drug-likeness (QED) is 0.499. The van der Waals surface area contributed by atoms with E-state index in [1.165, 1.54) is 0 Å². The second-order valence-corrected chi connectivity index (χ2v) is 6.73. The van der Waals surface area contributed by atoms with E-state index < -0.39 is 0 Å². The normalized spacial score (nSPS) is 10.7. The summed E-state index contributed by atoms with van der Waals surface area (Å²) in [5, 5.41) is 6.21. The molecule has 0 spiro atoms. The highest BCUT2D eigenvalue weighted by Gasteiger charge is 2.06. The van der Waals surface area contributed by atoms with Gasteiger partial charge >= 0.3 is 6.03 Å². The summed E-state index contributed by atoms with van der Waals surface area (Å²) in [6.45, 7) is 0.648. The second kappa shape index (κ2) is 8.62. The van der Waals surface area contributed by atoms with Gasteiger partial charge < -0.3 is 19.8 Å². The third kappa shape index (κ3) is 5.03. The molecule has 2 N–H and O–H groups in total. The van der Waals surface area contributed by atoms with Crippen LogP contribution in [0.5, 0.6) is 5.75 Å². The molecule has 0 bridgehead atoms. The molecule has 0 radical (unpaired) electrons. The number of carbonyl (C=O) groups excluding carboxylic acids is 1. The van der Waals surface area contributed by atoms with Crippen LogP contribution in [0.1, 0.15) is 11.4 Å². The summed E-state index contributed by atoms with van der Waals surface area (Å²) in [6, 6.07) is 16.1. The van der Waals surface area contributed by atoms with Gasteiger partial charge in [-0.1, -0.05) is 23.7 Å². The van der Waals surface area contributed by atoms with E-state index >= 15 is 0 Å². The smallest absolute Gasteiger partial charge is 0.319 e. The number of halogens is 1. The SMILES string of the molecule is O=C(NCc1cn2cc(Cl)ccc2n1)Nc1cccc(OCc2ccccn2)c1. The van der Waals surface area contributed by atoms with E-state index in [2.05, 4.69) is 20.6 Å². The first kappa shape index (κ1) is 18.8. The van der Waals surface area contributed by atoms with Gasteiger partial charge in [0.05, 0.1) is 23.0 Å². The van der Waals surface area contributed by atoms with Crippen LogP contribution in [0.4, 0.5) is 10.5 Å². The Morgan fingerprint density at radius 2 is 2.00 bits per heavy atom. The summed E-state index contributed by atoms with van der Waals surface area (Å²) >= 11 is 5.97. The summed E-state index contributed by atoms with van der Waals surface area (Å²) in [7, 11) is 0. The van der Waals surface area contributed by atoms with Gasteiger partial charge in [-0.25, -0.2) is 9.78 Å². The second-order valence-electron chi connectivity index (χ2n) is 6.29. The number of nitrogens with one attached hydrogen (secondary N) is 2. The Bertz CT molecular complexity index is 1130. The van der Waals surface area contributed by atoms with Crippen LogP contribution in [0.25, 0.3) is 5.65 Å². The summed E-state index contributed by atoms with van der Waals surface area (Å²) in [4.78, 5) is 20.9. The monoisotopic (exact) mass is 407 g/mol. The van der Waals surface area contributed by atoms with Crippen molar-refractivity contribution in [3.8, 4) is 5.75 Å². The number of pyridine rings is 2. The molecule has 7 nitrogen and oxygen atoms in total. The Balaban J connectivity index is 1.31. The number of imidazole rings is 1. The first-order valence-corrected chi connectivity index (χ1v) is 9.34. The van der Waals surface area contributed by atoms with Crippen molar-refractivity contribution in [1.29, 1.82) is 0 Å². The van der Waals surface area contributed by atoms with Gasteiger partial charge in [-0.05, 0) is 36.4 Å². The number of ether oxygens (including phenoxy) is 1. The summed E-state index contributed by atoms with van der Waals surface area (Å²) < 4.78 is 7.55. The molecular formula is C21H18ClN5O2.